The smallest absolute Gasteiger partial charge is 0.234 e. The van der Waals surface area contributed by atoms with Crippen LogP contribution in [0.3, 0.4) is 0 Å². The highest BCUT2D eigenvalue weighted by Crippen LogP contribution is 2.42. The molecular formula is C24H27N3O4S2. The van der Waals surface area contributed by atoms with E-state index in [1.165, 1.54) is 4.90 Å². The summed E-state index contributed by atoms with van der Waals surface area (Å²) in [5, 5.41) is 0.568. The number of benzene rings is 2. The molecule has 0 amide bonds. The van der Waals surface area contributed by atoms with Crippen LogP contribution in [0.25, 0.3) is 10.9 Å². The van der Waals surface area contributed by atoms with Gasteiger partial charge in [0.1, 0.15) is 0 Å². The Bertz CT molecular complexity index is 1300. The molecule has 9 heteroatoms. The van der Waals surface area contributed by atoms with Gasteiger partial charge in [0.05, 0.1) is 38.7 Å². The second-order valence-corrected chi connectivity index (χ2v) is 12.9. The lowest BCUT2D eigenvalue weighted by atomic mass is 10.2. The molecule has 2 aliphatic rings. The van der Waals surface area contributed by atoms with E-state index in [2.05, 4.69) is 6.07 Å². The monoisotopic (exact) mass is 485 g/mol. The first kappa shape index (κ1) is 22.4. The highest BCUT2D eigenvalue weighted by Gasteiger charge is 2.32. The minimum absolute atomic E-state index is 0.232. The van der Waals surface area contributed by atoms with Crippen LogP contribution in [0, 0.1) is 0 Å². The van der Waals surface area contributed by atoms with Crippen molar-refractivity contribution in [3.05, 3.63) is 42.5 Å². The number of thioether (sulfide) groups is 1. The molecule has 1 atom stereocenters. The normalized spacial score (nSPS) is 19.0. The van der Waals surface area contributed by atoms with Crippen LogP contribution in [0.2, 0.25) is 0 Å². The summed E-state index contributed by atoms with van der Waals surface area (Å²) in [5.74, 6) is 1.57. The predicted octanol–water partition coefficient (Wildman–Crippen LogP) is 5.31. The number of hydrogen-bond acceptors (Lipinski definition) is 8. The maximum absolute atomic E-state index is 13.1. The fourth-order valence-electron chi connectivity index (χ4n) is 3.90. The van der Waals surface area contributed by atoms with Crippen molar-refractivity contribution in [2.45, 2.75) is 60.9 Å². The number of ether oxygens (including phenoxy) is 2. The van der Waals surface area contributed by atoms with Crippen LogP contribution in [0.5, 0.6) is 5.88 Å². The zero-order valence-corrected chi connectivity index (χ0v) is 20.6. The molecular weight excluding hydrogens is 458 g/mol. The largest absolute Gasteiger partial charge is 0.447 e. The van der Waals surface area contributed by atoms with Gasteiger partial charge >= 0.3 is 0 Å². The molecule has 0 radical (unpaired) electrons. The molecule has 3 aromatic rings. The average molecular weight is 486 g/mol. The van der Waals surface area contributed by atoms with Crippen LogP contribution in [0.1, 0.15) is 40.0 Å². The SMILES string of the molecule is CC(C)(C)S(=O)(=O)c1ccc2nc(N3CSc4ccccc43)nc(OC3CCCCO3)c2c1. The standard InChI is InChI=1S/C24H27N3O4S2/c1-24(2,3)33(28,29)16-11-12-18-17(14-16)22(31-21-10-6-7-13-30-21)26-23(25-18)27-15-32-20-9-5-4-8-19(20)27/h4-5,8-9,11-12,14,21H,6-7,10,13,15H2,1-3H3. The third-order valence-electron chi connectivity index (χ3n) is 5.86. The van der Waals surface area contributed by atoms with Crippen molar-refractivity contribution in [2.75, 3.05) is 17.4 Å². The summed E-state index contributed by atoms with van der Waals surface area (Å²) in [7, 11) is -3.54. The molecule has 0 spiro atoms. The third-order valence-corrected chi connectivity index (χ3v) is 9.39. The van der Waals surface area contributed by atoms with Crippen molar-refractivity contribution in [1.29, 1.82) is 0 Å². The second kappa shape index (κ2) is 8.45. The van der Waals surface area contributed by atoms with Crippen LogP contribution in [0.4, 0.5) is 11.6 Å². The Morgan fingerprint density at radius 2 is 1.94 bits per heavy atom. The van der Waals surface area contributed by atoms with Crippen molar-refractivity contribution in [1.82, 2.24) is 9.97 Å². The van der Waals surface area contributed by atoms with Crippen LogP contribution in [-0.4, -0.2) is 41.9 Å². The molecule has 0 aliphatic carbocycles. The van der Waals surface area contributed by atoms with E-state index < -0.39 is 20.9 Å². The number of hydrogen-bond donors (Lipinski definition) is 0. The molecule has 1 unspecified atom stereocenters. The van der Waals surface area contributed by atoms with Crippen LogP contribution >= 0.6 is 11.8 Å². The Morgan fingerprint density at radius 1 is 1.12 bits per heavy atom. The molecule has 1 saturated heterocycles. The lowest BCUT2D eigenvalue weighted by Crippen LogP contribution is -2.28. The van der Waals surface area contributed by atoms with E-state index in [1.54, 1.807) is 50.7 Å². The molecule has 33 heavy (non-hydrogen) atoms. The van der Waals surface area contributed by atoms with Gasteiger partial charge < -0.3 is 9.47 Å². The molecule has 0 bridgehead atoms. The zero-order chi connectivity index (χ0) is 23.2. The number of sulfone groups is 1. The van der Waals surface area contributed by atoms with Crippen LogP contribution in [0.15, 0.2) is 52.3 Å². The number of rotatable bonds is 4. The van der Waals surface area contributed by atoms with Crippen molar-refractivity contribution in [3.8, 4) is 5.88 Å². The lowest BCUT2D eigenvalue weighted by Gasteiger charge is -2.25. The van der Waals surface area contributed by atoms with E-state index in [0.29, 0.717) is 35.2 Å². The topological polar surface area (TPSA) is 81.6 Å². The van der Waals surface area contributed by atoms with Crippen molar-refractivity contribution in [3.63, 3.8) is 0 Å². The first-order valence-corrected chi connectivity index (χ1v) is 13.5. The van der Waals surface area contributed by atoms with Gasteiger partial charge in [-0.05, 0) is 63.9 Å². The van der Waals surface area contributed by atoms with Gasteiger partial charge in [-0.3, -0.25) is 4.90 Å². The van der Waals surface area contributed by atoms with E-state index in [9.17, 15) is 8.42 Å². The lowest BCUT2D eigenvalue weighted by molar-refractivity contribution is -0.107. The van der Waals surface area contributed by atoms with Gasteiger partial charge in [-0.25, -0.2) is 13.4 Å². The van der Waals surface area contributed by atoms with Gasteiger partial charge in [0.25, 0.3) is 0 Å². The van der Waals surface area contributed by atoms with Gasteiger partial charge in [-0.2, -0.15) is 4.98 Å². The number of nitrogens with zero attached hydrogens (tertiary/aromatic N) is 3. The minimum atomic E-state index is -3.54. The number of anilines is 2. The van der Waals surface area contributed by atoms with E-state index >= 15 is 0 Å². The molecule has 1 aromatic heterocycles. The van der Waals surface area contributed by atoms with Crippen LogP contribution in [-0.2, 0) is 14.6 Å². The Balaban J connectivity index is 1.63. The molecule has 5 rings (SSSR count). The van der Waals surface area contributed by atoms with Gasteiger partial charge in [0.2, 0.25) is 18.1 Å². The van der Waals surface area contributed by atoms with E-state index in [1.807, 2.05) is 23.1 Å². The summed E-state index contributed by atoms with van der Waals surface area (Å²) >= 11 is 1.73. The highest BCUT2D eigenvalue weighted by molar-refractivity contribution is 7.99. The predicted molar refractivity (Wildman–Crippen MR) is 130 cm³/mol. The molecule has 2 aliphatic heterocycles. The Kier molecular flexibility index (Phi) is 5.74. The second-order valence-electron chi connectivity index (χ2n) is 9.21. The number of para-hydroxylation sites is 1. The summed E-state index contributed by atoms with van der Waals surface area (Å²) in [6.45, 7) is 5.73. The van der Waals surface area contributed by atoms with E-state index in [0.717, 1.165) is 24.9 Å². The maximum atomic E-state index is 13.1. The molecule has 1 fully saturated rings. The average Bonchev–Trinajstić information content (AvgIpc) is 3.23. The summed E-state index contributed by atoms with van der Waals surface area (Å²) in [6, 6.07) is 13.1. The van der Waals surface area contributed by atoms with Gasteiger partial charge in [-0.15, -0.1) is 11.8 Å². The molecule has 0 N–H and O–H groups in total. The molecule has 7 nitrogen and oxygen atoms in total. The molecule has 0 saturated carbocycles. The third kappa shape index (κ3) is 4.18. The molecule has 2 aromatic carbocycles. The Labute approximate surface area is 198 Å². The minimum Gasteiger partial charge on any atom is -0.447 e. The van der Waals surface area contributed by atoms with Crippen molar-refractivity contribution in [2.24, 2.45) is 0 Å². The van der Waals surface area contributed by atoms with Gasteiger partial charge in [0, 0.05) is 11.3 Å². The summed E-state index contributed by atoms with van der Waals surface area (Å²) in [5.41, 5.74) is 1.68. The summed E-state index contributed by atoms with van der Waals surface area (Å²) in [6.07, 6.45) is 2.38. The highest BCUT2D eigenvalue weighted by atomic mass is 32.2. The molecule has 3 heterocycles. The quantitative estimate of drug-likeness (QED) is 0.492. The Hall–Kier alpha value is -2.36. The fraction of sp³-hybridized carbons (Fsp3) is 0.417. The van der Waals surface area contributed by atoms with Gasteiger partial charge in [-0.1, -0.05) is 12.1 Å². The van der Waals surface area contributed by atoms with E-state index in [-0.39, 0.29) is 4.90 Å². The summed E-state index contributed by atoms with van der Waals surface area (Å²) in [4.78, 5) is 13.0. The van der Waals surface area contributed by atoms with Crippen molar-refractivity contribution >= 4 is 44.1 Å². The Morgan fingerprint density at radius 3 is 2.70 bits per heavy atom. The first-order valence-electron chi connectivity index (χ1n) is 11.1. The van der Waals surface area contributed by atoms with E-state index in [4.69, 9.17) is 19.4 Å². The summed E-state index contributed by atoms with van der Waals surface area (Å²) < 4.78 is 37.3. The number of aromatic nitrogens is 2. The molecule has 174 valence electrons. The van der Waals surface area contributed by atoms with Crippen molar-refractivity contribution < 1.29 is 17.9 Å². The zero-order valence-electron chi connectivity index (χ0n) is 18.9. The van der Waals surface area contributed by atoms with Crippen LogP contribution < -0.4 is 9.64 Å². The maximum Gasteiger partial charge on any atom is 0.234 e. The van der Waals surface area contributed by atoms with Gasteiger partial charge in [0.15, 0.2) is 9.84 Å². The fourth-order valence-corrected chi connectivity index (χ4v) is 6.15. The first-order chi connectivity index (χ1) is 15.7. The number of fused-ring (bicyclic) bond motifs is 2.